The highest BCUT2D eigenvalue weighted by Crippen LogP contribution is 2.33. The van der Waals surface area contributed by atoms with Crippen LogP contribution in [0, 0.1) is 0 Å². The van der Waals surface area contributed by atoms with Crippen molar-refractivity contribution in [3.05, 3.63) is 128 Å². The molecule has 0 bridgehead atoms. The highest BCUT2D eigenvalue weighted by atomic mass is 35.5. The molecule has 46 heavy (non-hydrogen) atoms. The average Bonchev–Trinajstić information content (AvgIpc) is 3.04. The highest BCUT2D eigenvalue weighted by Gasteiger charge is 2.36. The molecule has 0 aliphatic heterocycles. The second-order valence-electron chi connectivity index (χ2n) is 10.7. The predicted molar refractivity (Wildman–Crippen MR) is 186 cm³/mol. The number of hydrogen-bond acceptors (Lipinski definition) is 4. The Morgan fingerprint density at radius 1 is 0.804 bits per heavy atom. The van der Waals surface area contributed by atoms with Crippen LogP contribution in [0.2, 0.25) is 20.1 Å². The first-order valence-electron chi connectivity index (χ1n) is 14.5. The van der Waals surface area contributed by atoms with Gasteiger partial charge < -0.3 is 10.2 Å². The van der Waals surface area contributed by atoms with Crippen molar-refractivity contribution in [3.8, 4) is 0 Å². The molecule has 0 aromatic heterocycles. The molecule has 4 aromatic rings. The zero-order valence-electron chi connectivity index (χ0n) is 25.2. The first-order chi connectivity index (χ1) is 21.9. The maximum Gasteiger partial charge on any atom is 0.264 e. The molecule has 7 nitrogen and oxygen atoms in total. The Balaban J connectivity index is 1.85. The van der Waals surface area contributed by atoms with Gasteiger partial charge in [-0.25, -0.2) is 8.42 Å². The number of nitrogens with one attached hydrogen (secondary N) is 1. The van der Waals surface area contributed by atoms with Crippen molar-refractivity contribution in [2.45, 2.75) is 50.2 Å². The molecule has 2 amide bonds. The minimum Gasteiger partial charge on any atom is -0.352 e. The second kappa shape index (κ2) is 16.0. The second-order valence-corrected chi connectivity index (χ2v) is 14.3. The van der Waals surface area contributed by atoms with E-state index in [1.54, 1.807) is 36.4 Å². The summed E-state index contributed by atoms with van der Waals surface area (Å²) in [5.41, 5.74) is 1.34. The molecule has 2 unspecified atom stereocenters. The maximum absolute atomic E-state index is 14.6. The van der Waals surface area contributed by atoms with E-state index in [0.29, 0.717) is 17.0 Å². The van der Waals surface area contributed by atoms with Crippen LogP contribution in [-0.2, 0) is 32.6 Å². The fourth-order valence-corrected chi connectivity index (χ4v) is 7.09. The molecule has 242 valence electrons. The maximum atomic E-state index is 14.6. The van der Waals surface area contributed by atoms with Crippen LogP contribution in [0.5, 0.6) is 0 Å². The number of carbonyl (C=O) groups excluding carboxylic acids is 2. The Bertz CT molecular complexity index is 1780. The Morgan fingerprint density at radius 3 is 2.04 bits per heavy atom. The minimum atomic E-state index is -4.34. The monoisotopic (exact) mass is 719 g/mol. The molecule has 0 fully saturated rings. The summed E-state index contributed by atoms with van der Waals surface area (Å²) < 4.78 is 29.2. The number of sulfonamides is 1. The fourth-order valence-electron chi connectivity index (χ4n) is 4.74. The van der Waals surface area contributed by atoms with E-state index < -0.39 is 34.4 Å². The Kier molecular flexibility index (Phi) is 12.4. The van der Waals surface area contributed by atoms with Crippen molar-refractivity contribution < 1.29 is 18.0 Å². The Labute approximate surface area is 290 Å². The Morgan fingerprint density at radius 2 is 1.41 bits per heavy atom. The van der Waals surface area contributed by atoms with E-state index in [1.807, 2.05) is 44.2 Å². The van der Waals surface area contributed by atoms with Crippen LogP contribution in [0.4, 0.5) is 5.69 Å². The molecule has 0 spiro atoms. The Hall–Kier alpha value is -3.27. The van der Waals surface area contributed by atoms with Crippen LogP contribution >= 0.6 is 46.4 Å². The van der Waals surface area contributed by atoms with Crippen molar-refractivity contribution in [2.24, 2.45) is 0 Å². The van der Waals surface area contributed by atoms with Gasteiger partial charge in [0.15, 0.2) is 0 Å². The summed E-state index contributed by atoms with van der Waals surface area (Å²) in [5, 5.41) is 3.98. The van der Waals surface area contributed by atoms with Crippen molar-refractivity contribution in [1.29, 1.82) is 0 Å². The molecule has 0 aliphatic carbocycles. The summed E-state index contributed by atoms with van der Waals surface area (Å²) in [7, 11) is -4.34. The van der Waals surface area contributed by atoms with Crippen LogP contribution in [0.25, 0.3) is 0 Å². The van der Waals surface area contributed by atoms with Crippen LogP contribution < -0.4 is 9.62 Å². The molecule has 0 aliphatic rings. The van der Waals surface area contributed by atoms with Crippen LogP contribution in [0.3, 0.4) is 0 Å². The van der Waals surface area contributed by atoms with E-state index in [0.717, 1.165) is 9.87 Å². The normalized spacial score (nSPS) is 12.7. The lowest BCUT2D eigenvalue weighted by atomic mass is 10.0. The van der Waals surface area contributed by atoms with E-state index in [-0.39, 0.29) is 44.7 Å². The molecule has 4 aromatic carbocycles. The third-order valence-electron chi connectivity index (χ3n) is 7.41. The lowest BCUT2D eigenvalue weighted by Gasteiger charge is -2.34. The summed E-state index contributed by atoms with van der Waals surface area (Å²) in [6, 6.07) is 25.0. The molecular formula is C34H33Cl4N3O4S. The van der Waals surface area contributed by atoms with Gasteiger partial charge >= 0.3 is 0 Å². The zero-order chi connectivity index (χ0) is 33.4. The molecule has 0 saturated carbocycles. The first kappa shape index (κ1) is 35.6. The third-order valence-corrected chi connectivity index (χ3v) is 10.3. The summed E-state index contributed by atoms with van der Waals surface area (Å²) in [6.45, 7) is 3.01. The van der Waals surface area contributed by atoms with Gasteiger partial charge in [-0.05, 0) is 66.9 Å². The number of benzene rings is 4. The SMILES string of the molecule is CCC(C)NC(=O)C(Cc1ccccc1)N(Cc1ccc(Cl)cc1Cl)C(=O)CN(c1cc(Cl)ccc1Cl)S(=O)(=O)c1ccccc1. The summed E-state index contributed by atoms with van der Waals surface area (Å²) >= 11 is 25.5. The molecule has 0 saturated heterocycles. The van der Waals surface area contributed by atoms with Gasteiger partial charge in [0.25, 0.3) is 10.0 Å². The van der Waals surface area contributed by atoms with Crippen LogP contribution in [0.1, 0.15) is 31.4 Å². The van der Waals surface area contributed by atoms with E-state index in [9.17, 15) is 18.0 Å². The molecular weight excluding hydrogens is 688 g/mol. The summed E-state index contributed by atoms with van der Waals surface area (Å²) in [4.78, 5) is 29.8. The predicted octanol–water partition coefficient (Wildman–Crippen LogP) is 8.05. The molecule has 0 heterocycles. The molecule has 0 radical (unpaired) electrons. The fraction of sp³-hybridized carbons (Fsp3) is 0.235. The smallest absolute Gasteiger partial charge is 0.264 e. The minimum absolute atomic E-state index is 0.0134. The van der Waals surface area contributed by atoms with Crippen LogP contribution in [0.15, 0.2) is 102 Å². The van der Waals surface area contributed by atoms with E-state index >= 15 is 0 Å². The topological polar surface area (TPSA) is 86.8 Å². The lowest BCUT2D eigenvalue weighted by molar-refractivity contribution is -0.140. The van der Waals surface area contributed by atoms with Crippen molar-refractivity contribution in [3.63, 3.8) is 0 Å². The third kappa shape index (κ3) is 8.96. The van der Waals surface area contributed by atoms with Crippen molar-refractivity contribution in [1.82, 2.24) is 10.2 Å². The molecule has 4 rings (SSSR count). The summed E-state index contributed by atoms with van der Waals surface area (Å²) in [5.74, 6) is -1.06. The van der Waals surface area contributed by atoms with Gasteiger partial charge in [-0.1, -0.05) is 108 Å². The van der Waals surface area contributed by atoms with Crippen LogP contribution in [-0.4, -0.2) is 43.8 Å². The van der Waals surface area contributed by atoms with E-state index in [4.69, 9.17) is 46.4 Å². The van der Waals surface area contributed by atoms with Crippen molar-refractivity contribution >= 4 is 73.9 Å². The van der Waals surface area contributed by atoms with Crippen molar-refractivity contribution in [2.75, 3.05) is 10.8 Å². The number of carbonyl (C=O) groups is 2. The quantitative estimate of drug-likeness (QED) is 0.152. The molecule has 2 atom stereocenters. The number of hydrogen-bond donors (Lipinski definition) is 1. The zero-order valence-corrected chi connectivity index (χ0v) is 29.0. The van der Waals surface area contributed by atoms with Gasteiger partial charge in [-0.2, -0.15) is 0 Å². The number of nitrogens with zero attached hydrogens (tertiary/aromatic N) is 2. The highest BCUT2D eigenvalue weighted by molar-refractivity contribution is 7.92. The number of halogens is 4. The van der Waals surface area contributed by atoms with Gasteiger partial charge in [0, 0.05) is 34.1 Å². The number of amides is 2. The molecule has 1 N–H and O–H groups in total. The average molecular weight is 722 g/mol. The standard InChI is InChI=1S/C34H33Cl4N3O4S/c1-3-23(2)39-34(43)32(18-24-10-6-4-7-11-24)40(21-25-14-15-26(35)19-30(25)38)33(42)22-41(31-20-27(36)16-17-29(31)37)46(44,45)28-12-8-5-9-13-28/h4-17,19-20,23,32H,3,18,21-22H2,1-2H3,(H,39,43). The van der Waals surface area contributed by atoms with Gasteiger partial charge in [-0.15, -0.1) is 0 Å². The largest absolute Gasteiger partial charge is 0.352 e. The lowest BCUT2D eigenvalue weighted by Crippen LogP contribution is -2.54. The van der Waals surface area contributed by atoms with Gasteiger partial charge in [0.05, 0.1) is 15.6 Å². The number of rotatable bonds is 13. The van der Waals surface area contributed by atoms with Gasteiger partial charge in [-0.3, -0.25) is 13.9 Å². The molecule has 12 heteroatoms. The van der Waals surface area contributed by atoms with E-state index in [2.05, 4.69) is 5.32 Å². The van der Waals surface area contributed by atoms with Gasteiger partial charge in [0.2, 0.25) is 11.8 Å². The van der Waals surface area contributed by atoms with Gasteiger partial charge in [0.1, 0.15) is 12.6 Å². The number of anilines is 1. The summed E-state index contributed by atoms with van der Waals surface area (Å²) in [6.07, 6.45) is 0.820. The first-order valence-corrected chi connectivity index (χ1v) is 17.5. The van der Waals surface area contributed by atoms with E-state index in [1.165, 1.54) is 35.2 Å².